The van der Waals surface area contributed by atoms with Crippen molar-refractivity contribution >= 4 is 29.3 Å². The van der Waals surface area contributed by atoms with Crippen molar-refractivity contribution < 1.29 is 4.79 Å². The van der Waals surface area contributed by atoms with Crippen LogP contribution >= 0.6 is 23.5 Å². The van der Waals surface area contributed by atoms with Gasteiger partial charge in [0.1, 0.15) is 5.78 Å². The maximum absolute atomic E-state index is 12.8. The van der Waals surface area contributed by atoms with Gasteiger partial charge in [-0.25, -0.2) is 0 Å². The normalized spacial score (nSPS) is 45.1. The molecular weight excluding hydrogens is 344 g/mol. The van der Waals surface area contributed by atoms with E-state index >= 15 is 0 Å². The summed E-state index contributed by atoms with van der Waals surface area (Å²) in [5.41, 5.74) is 3.15. The fourth-order valence-corrected chi connectivity index (χ4v) is 10.4. The molecule has 5 rings (SSSR count). The van der Waals surface area contributed by atoms with Crippen LogP contribution in [-0.2, 0) is 4.79 Å². The third-order valence-electron chi connectivity index (χ3n) is 8.23. The van der Waals surface area contributed by atoms with Gasteiger partial charge in [-0.1, -0.05) is 30.7 Å². The van der Waals surface area contributed by atoms with E-state index in [4.69, 9.17) is 0 Å². The second-order valence-electron chi connectivity index (χ2n) is 9.01. The Bertz CT molecular complexity index is 644. The molecule has 0 aromatic carbocycles. The lowest BCUT2D eigenvalue weighted by Gasteiger charge is -2.54. The van der Waals surface area contributed by atoms with Gasteiger partial charge in [-0.2, -0.15) is 0 Å². The van der Waals surface area contributed by atoms with Gasteiger partial charge in [-0.05, 0) is 68.6 Å². The van der Waals surface area contributed by atoms with Crippen LogP contribution in [0.15, 0.2) is 23.8 Å². The van der Waals surface area contributed by atoms with Crippen molar-refractivity contribution in [3.63, 3.8) is 0 Å². The molecule has 0 aromatic rings. The first-order chi connectivity index (χ1) is 12.1. The van der Waals surface area contributed by atoms with Crippen LogP contribution in [0.25, 0.3) is 0 Å². The standard InChI is InChI=1S/C22H30OS2/c1-3-21-12-14(2)20-16-8-9-22(24-10-11-25-22)13-15(16)4-5-17(20)18(21)6-7-19(21)23/h13,16-18,20H,2-12H2,1H3/t16-,17-,18-,20+,21-/m0/s1. The fourth-order valence-electron chi connectivity index (χ4n) is 7.20. The van der Waals surface area contributed by atoms with Crippen molar-refractivity contribution in [2.24, 2.45) is 29.1 Å². The second-order valence-corrected chi connectivity index (χ2v) is 12.1. The Morgan fingerprint density at radius 2 is 2.00 bits per heavy atom. The molecule has 136 valence electrons. The summed E-state index contributed by atoms with van der Waals surface area (Å²) in [5.74, 6) is 5.99. The van der Waals surface area contributed by atoms with Crippen LogP contribution in [0.2, 0.25) is 0 Å². The maximum atomic E-state index is 12.8. The zero-order chi connectivity index (χ0) is 17.2. The zero-order valence-corrected chi connectivity index (χ0v) is 17.0. The van der Waals surface area contributed by atoms with Gasteiger partial charge in [-0.15, -0.1) is 23.5 Å². The number of hydrogen-bond donors (Lipinski definition) is 0. The van der Waals surface area contributed by atoms with Crippen LogP contribution < -0.4 is 0 Å². The number of ketones is 1. The van der Waals surface area contributed by atoms with Crippen LogP contribution in [0, 0.1) is 29.1 Å². The molecule has 1 aliphatic heterocycles. The Labute approximate surface area is 160 Å². The first kappa shape index (κ1) is 17.0. The Morgan fingerprint density at radius 1 is 1.20 bits per heavy atom. The van der Waals surface area contributed by atoms with Gasteiger partial charge in [0.2, 0.25) is 0 Å². The van der Waals surface area contributed by atoms with Crippen molar-refractivity contribution in [2.75, 3.05) is 11.5 Å². The van der Waals surface area contributed by atoms with Crippen molar-refractivity contribution in [3.8, 4) is 0 Å². The SMILES string of the molecule is C=C1C[C@]2(CC)C(=O)CC[C@H]2[C@@H]2CCC3=CC4(CC[C@@H]3[C@@H]12)SCCS4. The average molecular weight is 375 g/mol. The first-order valence-corrected chi connectivity index (χ1v) is 12.3. The van der Waals surface area contributed by atoms with Crippen LogP contribution in [0.3, 0.4) is 0 Å². The largest absolute Gasteiger partial charge is 0.299 e. The van der Waals surface area contributed by atoms with Gasteiger partial charge in [-0.3, -0.25) is 4.79 Å². The molecule has 0 amide bonds. The number of fused-ring (bicyclic) bond motifs is 5. The molecule has 3 heteroatoms. The molecule has 1 spiro atoms. The molecule has 4 fully saturated rings. The van der Waals surface area contributed by atoms with Crippen LogP contribution in [0.5, 0.6) is 0 Å². The quantitative estimate of drug-likeness (QED) is 0.535. The van der Waals surface area contributed by atoms with E-state index in [1.54, 1.807) is 5.57 Å². The fraction of sp³-hybridized carbons (Fsp3) is 0.773. The molecule has 5 aliphatic rings. The molecule has 0 aromatic heterocycles. The Hall–Kier alpha value is -0.150. The van der Waals surface area contributed by atoms with E-state index in [9.17, 15) is 4.79 Å². The molecule has 0 unspecified atom stereocenters. The van der Waals surface area contributed by atoms with Crippen molar-refractivity contribution in [1.82, 2.24) is 0 Å². The first-order valence-electron chi connectivity index (χ1n) is 10.3. The number of allylic oxidation sites excluding steroid dienone is 2. The highest BCUT2D eigenvalue weighted by atomic mass is 32.2. The summed E-state index contributed by atoms with van der Waals surface area (Å²) in [6.07, 6.45) is 12.0. The summed E-state index contributed by atoms with van der Waals surface area (Å²) in [7, 11) is 0. The van der Waals surface area contributed by atoms with E-state index in [1.807, 2.05) is 0 Å². The number of hydrogen-bond acceptors (Lipinski definition) is 3. The Kier molecular flexibility index (Phi) is 4.02. The molecule has 1 nitrogen and oxygen atoms in total. The summed E-state index contributed by atoms with van der Waals surface area (Å²) >= 11 is 4.38. The molecule has 0 radical (unpaired) electrons. The third kappa shape index (κ3) is 2.33. The van der Waals surface area contributed by atoms with Gasteiger partial charge in [0, 0.05) is 23.3 Å². The van der Waals surface area contributed by atoms with Gasteiger partial charge in [0.05, 0.1) is 4.08 Å². The van der Waals surface area contributed by atoms with E-state index in [0.29, 0.717) is 21.7 Å². The number of Topliss-reactive ketones (excluding diaryl/α,β-unsaturated/α-hetero) is 1. The molecule has 4 aliphatic carbocycles. The highest BCUT2D eigenvalue weighted by molar-refractivity contribution is 8.21. The minimum absolute atomic E-state index is 0.0352. The summed E-state index contributed by atoms with van der Waals surface area (Å²) in [5, 5.41) is 0. The van der Waals surface area contributed by atoms with E-state index in [-0.39, 0.29) is 5.41 Å². The molecule has 1 heterocycles. The summed E-state index contributed by atoms with van der Waals surface area (Å²) in [6, 6.07) is 0. The number of carbonyl (C=O) groups is 1. The molecule has 1 saturated heterocycles. The summed E-state index contributed by atoms with van der Waals surface area (Å²) in [6.45, 7) is 6.82. The molecule has 25 heavy (non-hydrogen) atoms. The lowest BCUT2D eigenvalue weighted by atomic mass is 9.50. The summed E-state index contributed by atoms with van der Waals surface area (Å²) < 4.78 is 0.408. The zero-order valence-electron chi connectivity index (χ0n) is 15.4. The predicted molar refractivity (Wildman–Crippen MR) is 109 cm³/mol. The van der Waals surface area contributed by atoms with E-state index in [0.717, 1.165) is 37.5 Å². The highest BCUT2D eigenvalue weighted by Gasteiger charge is 2.59. The highest BCUT2D eigenvalue weighted by Crippen LogP contribution is 2.65. The van der Waals surface area contributed by atoms with Gasteiger partial charge in [0.25, 0.3) is 0 Å². The third-order valence-corrected chi connectivity index (χ3v) is 11.6. The summed E-state index contributed by atoms with van der Waals surface area (Å²) in [4.78, 5) is 12.8. The molecular formula is C22H30OS2. The second kappa shape index (κ2) is 5.92. The minimum atomic E-state index is -0.0352. The van der Waals surface area contributed by atoms with Crippen LogP contribution in [0.4, 0.5) is 0 Å². The molecule has 5 atom stereocenters. The number of carbonyl (C=O) groups excluding carboxylic acids is 1. The number of rotatable bonds is 1. The van der Waals surface area contributed by atoms with Crippen molar-refractivity contribution in [2.45, 2.75) is 62.4 Å². The number of thioether (sulfide) groups is 2. The van der Waals surface area contributed by atoms with E-state index in [1.165, 1.54) is 42.8 Å². The van der Waals surface area contributed by atoms with E-state index < -0.39 is 0 Å². The predicted octanol–water partition coefficient (Wildman–Crippen LogP) is 5.86. The van der Waals surface area contributed by atoms with Crippen LogP contribution in [0.1, 0.15) is 58.3 Å². The maximum Gasteiger partial charge on any atom is 0.139 e. The smallest absolute Gasteiger partial charge is 0.139 e. The lowest BCUT2D eigenvalue weighted by Crippen LogP contribution is -2.49. The van der Waals surface area contributed by atoms with E-state index in [2.05, 4.69) is 43.1 Å². The topological polar surface area (TPSA) is 17.1 Å². The van der Waals surface area contributed by atoms with Crippen molar-refractivity contribution in [3.05, 3.63) is 23.8 Å². The monoisotopic (exact) mass is 374 g/mol. The molecule has 0 bridgehead atoms. The van der Waals surface area contributed by atoms with Crippen molar-refractivity contribution in [1.29, 1.82) is 0 Å². The van der Waals surface area contributed by atoms with Gasteiger partial charge < -0.3 is 0 Å². The lowest BCUT2D eigenvalue weighted by molar-refractivity contribution is -0.130. The van der Waals surface area contributed by atoms with Crippen LogP contribution in [-0.4, -0.2) is 21.4 Å². The Morgan fingerprint density at radius 3 is 2.76 bits per heavy atom. The Balaban J connectivity index is 1.48. The molecule has 3 saturated carbocycles. The average Bonchev–Trinajstić information content (AvgIpc) is 3.20. The minimum Gasteiger partial charge on any atom is -0.299 e. The van der Waals surface area contributed by atoms with Gasteiger partial charge in [0.15, 0.2) is 0 Å². The van der Waals surface area contributed by atoms with Gasteiger partial charge >= 0.3 is 0 Å². The molecule has 0 N–H and O–H groups in total.